The van der Waals surface area contributed by atoms with Crippen molar-refractivity contribution in [3.05, 3.63) is 34.9 Å². The molecule has 0 heterocycles. The summed E-state index contributed by atoms with van der Waals surface area (Å²) in [6.45, 7) is 1.83. The average molecular weight is 287 g/mol. The number of nitrogens with two attached hydrogens (primary N) is 1. The van der Waals surface area contributed by atoms with Crippen molar-refractivity contribution in [3.63, 3.8) is 0 Å². The zero-order valence-electron chi connectivity index (χ0n) is 10.4. The van der Waals surface area contributed by atoms with Gasteiger partial charge >= 0.3 is 12.2 Å². The summed E-state index contributed by atoms with van der Waals surface area (Å²) >= 11 is 5.74. The highest BCUT2D eigenvalue weighted by Crippen LogP contribution is 2.09. The van der Waals surface area contributed by atoms with Crippen LogP contribution in [0.25, 0.3) is 0 Å². The van der Waals surface area contributed by atoms with E-state index in [0.29, 0.717) is 11.6 Å². The topological polar surface area (TPSA) is 90.7 Å². The number of alkyl carbamates (subject to hydrolysis) is 1. The Morgan fingerprint density at radius 3 is 2.58 bits per heavy atom. The Hall–Kier alpha value is -1.95. The summed E-state index contributed by atoms with van der Waals surface area (Å²) in [7, 11) is 0. The number of ether oxygens (including phenoxy) is 2. The number of amides is 2. The van der Waals surface area contributed by atoms with Crippen LogP contribution in [0.15, 0.2) is 24.3 Å². The van der Waals surface area contributed by atoms with Crippen molar-refractivity contribution in [2.45, 2.75) is 19.6 Å². The number of primary amides is 1. The van der Waals surface area contributed by atoms with Crippen LogP contribution in [0.4, 0.5) is 9.59 Å². The Morgan fingerprint density at radius 1 is 1.37 bits per heavy atom. The van der Waals surface area contributed by atoms with Crippen LogP contribution >= 0.6 is 11.6 Å². The first-order valence-corrected chi connectivity index (χ1v) is 5.96. The van der Waals surface area contributed by atoms with Crippen molar-refractivity contribution in [3.8, 4) is 0 Å². The van der Waals surface area contributed by atoms with Gasteiger partial charge in [0.05, 0.1) is 0 Å². The highest BCUT2D eigenvalue weighted by Gasteiger charge is 2.09. The Labute approximate surface area is 115 Å². The largest absolute Gasteiger partial charge is 0.446 e. The molecule has 0 fully saturated rings. The molecule has 19 heavy (non-hydrogen) atoms. The molecule has 1 aromatic carbocycles. The van der Waals surface area contributed by atoms with Gasteiger partial charge in [-0.1, -0.05) is 23.7 Å². The van der Waals surface area contributed by atoms with Crippen LogP contribution in [0.1, 0.15) is 12.5 Å². The molecular weight excluding hydrogens is 272 g/mol. The van der Waals surface area contributed by atoms with Crippen LogP contribution in [0.3, 0.4) is 0 Å². The van der Waals surface area contributed by atoms with Crippen LogP contribution in [0, 0.1) is 0 Å². The molecule has 0 aliphatic rings. The monoisotopic (exact) mass is 286 g/mol. The second kappa shape index (κ2) is 7.48. The zero-order chi connectivity index (χ0) is 14.3. The fraction of sp³-hybridized carbons (Fsp3) is 0.333. The second-order valence-corrected chi connectivity index (χ2v) is 4.26. The molecule has 1 unspecified atom stereocenters. The van der Waals surface area contributed by atoms with Gasteiger partial charge in [-0.25, -0.2) is 9.59 Å². The van der Waals surface area contributed by atoms with Crippen LogP contribution in [0.5, 0.6) is 0 Å². The second-order valence-electron chi connectivity index (χ2n) is 3.83. The van der Waals surface area contributed by atoms with Gasteiger partial charge in [-0.05, 0) is 24.6 Å². The lowest BCUT2D eigenvalue weighted by molar-refractivity contribution is 0.0576. The van der Waals surface area contributed by atoms with E-state index in [2.05, 4.69) is 10.1 Å². The minimum Gasteiger partial charge on any atom is -0.446 e. The lowest BCUT2D eigenvalue weighted by atomic mass is 10.2. The molecule has 0 aromatic heterocycles. The minimum absolute atomic E-state index is 0.0601. The first-order chi connectivity index (χ1) is 8.97. The van der Waals surface area contributed by atoms with E-state index in [1.165, 1.54) is 0 Å². The van der Waals surface area contributed by atoms with E-state index in [4.69, 9.17) is 22.1 Å². The highest BCUT2D eigenvalue weighted by molar-refractivity contribution is 6.30. The summed E-state index contributed by atoms with van der Waals surface area (Å²) < 4.78 is 9.44. The van der Waals surface area contributed by atoms with Gasteiger partial charge in [0, 0.05) is 11.6 Å². The summed E-state index contributed by atoms with van der Waals surface area (Å²) in [6, 6.07) is 7.04. The SMILES string of the molecule is CC(COC(=O)NCc1ccc(Cl)cc1)OC(N)=O. The average Bonchev–Trinajstić information content (AvgIpc) is 2.35. The van der Waals surface area contributed by atoms with Gasteiger partial charge in [0.15, 0.2) is 0 Å². The zero-order valence-corrected chi connectivity index (χ0v) is 11.1. The standard InChI is InChI=1S/C12H15ClN2O4/c1-8(19-11(14)16)7-18-12(17)15-6-9-2-4-10(13)5-3-9/h2-5,8H,6-7H2,1H3,(H2,14,16)(H,15,17). The van der Waals surface area contributed by atoms with E-state index in [1.807, 2.05) is 0 Å². The molecule has 0 aliphatic carbocycles. The van der Waals surface area contributed by atoms with Gasteiger partial charge in [0.2, 0.25) is 0 Å². The number of halogens is 1. The number of nitrogens with one attached hydrogen (secondary N) is 1. The molecule has 6 nitrogen and oxygen atoms in total. The third-order valence-electron chi connectivity index (χ3n) is 2.12. The maximum Gasteiger partial charge on any atom is 0.407 e. The molecule has 104 valence electrons. The van der Waals surface area contributed by atoms with Crippen LogP contribution < -0.4 is 11.1 Å². The molecule has 0 aliphatic heterocycles. The molecule has 7 heteroatoms. The molecule has 0 bridgehead atoms. The van der Waals surface area contributed by atoms with Crippen molar-refractivity contribution < 1.29 is 19.1 Å². The number of carbonyl (C=O) groups excluding carboxylic acids is 2. The van der Waals surface area contributed by atoms with E-state index in [9.17, 15) is 9.59 Å². The Morgan fingerprint density at radius 2 is 2.00 bits per heavy atom. The predicted molar refractivity (Wildman–Crippen MR) is 69.8 cm³/mol. The fourth-order valence-corrected chi connectivity index (χ4v) is 1.38. The van der Waals surface area contributed by atoms with Crippen molar-refractivity contribution >= 4 is 23.8 Å². The summed E-state index contributed by atoms with van der Waals surface area (Å²) in [4.78, 5) is 21.8. The normalized spacial score (nSPS) is 11.5. The molecule has 1 aromatic rings. The van der Waals surface area contributed by atoms with E-state index < -0.39 is 18.3 Å². The van der Waals surface area contributed by atoms with Gasteiger partial charge in [0.1, 0.15) is 12.7 Å². The van der Waals surface area contributed by atoms with Gasteiger partial charge < -0.3 is 20.5 Å². The van der Waals surface area contributed by atoms with Crippen LogP contribution in [-0.2, 0) is 16.0 Å². The number of rotatable bonds is 5. The number of carbonyl (C=O) groups is 2. The van der Waals surface area contributed by atoms with E-state index in [1.54, 1.807) is 31.2 Å². The van der Waals surface area contributed by atoms with E-state index in [-0.39, 0.29) is 6.61 Å². The summed E-state index contributed by atoms with van der Waals surface area (Å²) in [6.07, 6.45) is -2.09. The third-order valence-corrected chi connectivity index (χ3v) is 2.37. The molecule has 3 N–H and O–H groups in total. The van der Waals surface area contributed by atoms with Gasteiger partial charge in [-0.3, -0.25) is 0 Å². The number of benzene rings is 1. The van der Waals surface area contributed by atoms with Gasteiger partial charge in [-0.15, -0.1) is 0 Å². The third kappa shape index (κ3) is 6.52. The first kappa shape index (κ1) is 15.1. The number of hydrogen-bond acceptors (Lipinski definition) is 4. The maximum atomic E-state index is 11.3. The molecule has 2 amide bonds. The van der Waals surface area contributed by atoms with Crippen molar-refractivity contribution in [1.29, 1.82) is 0 Å². The molecule has 1 rings (SSSR count). The van der Waals surface area contributed by atoms with Crippen LogP contribution in [-0.4, -0.2) is 24.9 Å². The Kier molecular flexibility index (Phi) is 5.95. The lowest BCUT2D eigenvalue weighted by Crippen LogP contribution is -2.29. The quantitative estimate of drug-likeness (QED) is 0.866. The molecule has 1 atom stereocenters. The fourth-order valence-electron chi connectivity index (χ4n) is 1.25. The summed E-state index contributed by atoms with van der Waals surface area (Å²) in [5.74, 6) is 0. The van der Waals surface area contributed by atoms with Crippen molar-refractivity contribution in [2.75, 3.05) is 6.61 Å². The Balaban J connectivity index is 2.24. The van der Waals surface area contributed by atoms with Gasteiger partial charge in [0.25, 0.3) is 0 Å². The smallest absolute Gasteiger partial charge is 0.407 e. The number of hydrogen-bond donors (Lipinski definition) is 2. The first-order valence-electron chi connectivity index (χ1n) is 5.58. The van der Waals surface area contributed by atoms with Crippen molar-refractivity contribution in [1.82, 2.24) is 5.32 Å². The Bertz CT molecular complexity index is 436. The predicted octanol–water partition coefficient (Wildman–Crippen LogP) is 2.05. The molecular formula is C12H15ClN2O4. The van der Waals surface area contributed by atoms with Gasteiger partial charge in [-0.2, -0.15) is 0 Å². The lowest BCUT2D eigenvalue weighted by Gasteiger charge is -2.12. The highest BCUT2D eigenvalue weighted by atomic mass is 35.5. The van der Waals surface area contributed by atoms with E-state index in [0.717, 1.165) is 5.56 Å². The molecule has 0 saturated heterocycles. The van der Waals surface area contributed by atoms with Crippen molar-refractivity contribution in [2.24, 2.45) is 5.73 Å². The van der Waals surface area contributed by atoms with E-state index >= 15 is 0 Å². The molecule has 0 radical (unpaired) electrons. The molecule has 0 saturated carbocycles. The molecule has 0 spiro atoms. The summed E-state index contributed by atoms with van der Waals surface area (Å²) in [5.41, 5.74) is 5.71. The summed E-state index contributed by atoms with van der Waals surface area (Å²) in [5, 5.41) is 3.18. The minimum atomic E-state index is -0.905. The maximum absolute atomic E-state index is 11.3. The van der Waals surface area contributed by atoms with Crippen LogP contribution in [0.2, 0.25) is 5.02 Å².